The topological polar surface area (TPSA) is 184 Å². The van der Waals surface area contributed by atoms with Gasteiger partial charge in [-0.25, -0.2) is 14.0 Å². The van der Waals surface area contributed by atoms with Gasteiger partial charge in [-0.2, -0.15) is 0 Å². The molecule has 2 fully saturated rings. The first-order chi connectivity index (χ1) is 19.8. The number of hydrogen-bond donors (Lipinski definition) is 3. The number of nitrogens with zero attached hydrogens (tertiary/aromatic N) is 2. The van der Waals surface area contributed by atoms with Crippen molar-refractivity contribution in [2.75, 3.05) is 12.8 Å². The Morgan fingerprint density at radius 1 is 0.977 bits per heavy atom. The van der Waals surface area contributed by atoms with Gasteiger partial charge in [0, 0.05) is 36.4 Å². The molecule has 0 radical (unpaired) electrons. The van der Waals surface area contributed by atoms with E-state index in [1.165, 1.54) is 30.8 Å². The molecule has 0 aliphatic carbocycles. The van der Waals surface area contributed by atoms with Crippen LogP contribution in [-0.2, 0) is 23.0 Å². The number of H-pyrrole nitrogens is 2. The third-order valence-electron chi connectivity index (χ3n) is 8.38. The van der Waals surface area contributed by atoms with E-state index < -0.39 is 81.5 Å². The summed E-state index contributed by atoms with van der Waals surface area (Å²) in [5.41, 5.74) is -2.13. The summed E-state index contributed by atoms with van der Waals surface area (Å²) in [5, 5.41) is -0.140. The van der Waals surface area contributed by atoms with Crippen LogP contribution in [-0.4, -0.2) is 69.6 Å². The maximum atomic E-state index is 15.0. The molecule has 0 saturated carbocycles. The predicted octanol–water partition coefficient (Wildman–Crippen LogP) is 2.21. The normalized spacial score (nSPS) is 27.8. The van der Waals surface area contributed by atoms with Crippen molar-refractivity contribution in [1.82, 2.24) is 19.1 Å². The SMILES string of the molecule is Cc1cn([C@H]2C[C@H](OP(=O)(O)C[C@H]3O[C@@H](n4cc(C)c(=O)[nH]c4=O)C[C@@H]3F)[C@@H](CO[Si](C)(C)C(C)(C)C)O2)c(=O)[nH]c1=O. The molecule has 0 bridgehead atoms. The maximum Gasteiger partial charge on any atom is 0.331 e. The molecule has 7 atom stereocenters. The Hall–Kier alpha value is -2.46. The molecule has 240 valence electrons. The molecular weight excluding hydrogens is 606 g/mol. The molecule has 14 nitrogen and oxygen atoms in total. The Kier molecular flexibility index (Phi) is 9.44. The van der Waals surface area contributed by atoms with Crippen molar-refractivity contribution >= 4 is 15.9 Å². The van der Waals surface area contributed by atoms with Crippen LogP contribution in [0.5, 0.6) is 0 Å². The number of hydrogen-bond acceptors (Lipinski definition) is 9. The van der Waals surface area contributed by atoms with E-state index >= 15 is 4.39 Å². The maximum absolute atomic E-state index is 15.0. The van der Waals surface area contributed by atoms with Gasteiger partial charge in [-0.1, -0.05) is 20.8 Å². The minimum Gasteiger partial charge on any atom is -0.414 e. The molecule has 43 heavy (non-hydrogen) atoms. The summed E-state index contributed by atoms with van der Waals surface area (Å²) in [6, 6.07) is 0. The Morgan fingerprint density at radius 3 is 1.98 bits per heavy atom. The molecule has 17 heteroatoms. The number of aromatic nitrogens is 4. The number of aromatic amines is 2. The number of alkyl halides is 1. The fourth-order valence-corrected chi connectivity index (χ4v) is 7.26. The zero-order chi connectivity index (χ0) is 32.1. The Morgan fingerprint density at radius 2 is 1.47 bits per heavy atom. The fraction of sp³-hybridized carbons (Fsp3) is 0.692. The zero-order valence-electron chi connectivity index (χ0n) is 25.3. The van der Waals surface area contributed by atoms with Crippen LogP contribution in [0.1, 0.15) is 57.2 Å². The molecule has 0 amide bonds. The van der Waals surface area contributed by atoms with Crippen molar-refractivity contribution in [1.29, 1.82) is 0 Å². The summed E-state index contributed by atoms with van der Waals surface area (Å²) in [6.45, 7) is 13.3. The number of nitrogens with one attached hydrogen (secondary N) is 2. The standard InChI is InChI=1S/C26H40FN4O10PSi/c1-14-10-30(24(34)28-22(14)32)20-8-16(27)19(40-20)13-42(36,37)41-17-9-21(31-11-15(2)23(33)29-25(31)35)39-18(17)12-38-43(6,7)26(3,4)5/h10-11,16-21H,8-9,12-13H2,1-7H3,(H,36,37)(H,28,32,34)(H,29,33,35)/t16-,17-,18+,19+,20+,21+/m0/s1. The summed E-state index contributed by atoms with van der Waals surface area (Å²) in [5.74, 6) is 0. The molecule has 1 unspecified atom stereocenters. The highest BCUT2D eigenvalue weighted by molar-refractivity contribution is 7.52. The van der Waals surface area contributed by atoms with E-state index in [0.29, 0.717) is 0 Å². The summed E-state index contributed by atoms with van der Waals surface area (Å²) >= 11 is 0. The molecular formula is C26H40FN4O10PSi. The molecule has 0 spiro atoms. The monoisotopic (exact) mass is 646 g/mol. The van der Waals surface area contributed by atoms with Gasteiger partial charge >= 0.3 is 19.0 Å². The molecule has 2 aromatic heterocycles. The summed E-state index contributed by atoms with van der Waals surface area (Å²) in [7, 11) is -6.82. The quantitative estimate of drug-likeness (QED) is 0.270. The van der Waals surface area contributed by atoms with E-state index in [-0.39, 0.29) is 35.6 Å². The molecule has 4 rings (SSSR count). The van der Waals surface area contributed by atoms with Crippen LogP contribution in [0.25, 0.3) is 0 Å². The smallest absolute Gasteiger partial charge is 0.331 e. The average Bonchev–Trinajstić information content (AvgIpc) is 3.43. The lowest BCUT2D eigenvalue weighted by Crippen LogP contribution is -2.44. The first-order valence-electron chi connectivity index (χ1n) is 14.0. The van der Waals surface area contributed by atoms with Crippen molar-refractivity contribution in [3.63, 3.8) is 0 Å². The number of aryl methyl sites for hydroxylation is 2. The molecule has 2 saturated heterocycles. The van der Waals surface area contributed by atoms with E-state index in [4.69, 9.17) is 18.4 Å². The highest BCUT2D eigenvalue weighted by Gasteiger charge is 2.47. The minimum absolute atomic E-state index is 0.0109. The van der Waals surface area contributed by atoms with Crippen molar-refractivity contribution in [3.05, 3.63) is 65.2 Å². The second kappa shape index (κ2) is 12.1. The molecule has 2 aliphatic rings. The largest absolute Gasteiger partial charge is 0.414 e. The van der Waals surface area contributed by atoms with Crippen LogP contribution in [0.2, 0.25) is 18.1 Å². The highest BCUT2D eigenvalue weighted by Crippen LogP contribution is 2.50. The van der Waals surface area contributed by atoms with Gasteiger partial charge in [-0.15, -0.1) is 0 Å². The van der Waals surface area contributed by atoms with Crippen LogP contribution in [0.3, 0.4) is 0 Å². The minimum atomic E-state index is -4.54. The van der Waals surface area contributed by atoms with Gasteiger partial charge in [-0.05, 0) is 32.0 Å². The van der Waals surface area contributed by atoms with E-state index in [1.54, 1.807) is 0 Å². The van der Waals surface area contributed by atoms with Crippen molar-refractivity contribution in [3.8, 4) is 0 Å². The van der Waals surface area contributed by atoms with Gasteiger partial charge in [-0.3, -0.25) is 33.3 Å². The van der Waals surface area contributed by atoms with Crippen LogP contribution >= 0.6 is 7.60 Å². The van der Waals surface area contributed by atoms with Crippen molar-refractivity contribution in [2.24, 2.45) is 0 Å². The number of ether oxygens (including phenoxy) is 2. The molecule has 0 aromatic carbocycles. The second-order valence-corrected chi connectivity index (χ2v) is 19.4. The first kappa shape index (κ1) is 33.4. The number of halogens is 1. The lowest BCUT2D eigenvalue weighted by Gasteiger charge is -2.37. The zero-order valence-corrected chi connectivity index (χ0v) is 27.2. The van der Waals surface area contributed by atoms with Crippen molar-refractivity contribution < 1.29 is 32.3 Å². The van der Waals surface area contributed by atoms with Crippen LogP contribution in [0, 0.1) is 13.8 Å². The van der Waals surface area contributed by atoms with Gasteiger partial charge < -0.3 is 23.3 Å². The molecule has 2 aliphatic heterocycles. The molecule has 3 N–H and O–H groups in total. The number of rotatable bonds is 9. The van der Waals surface area contributed by atoms with Gasteiger partial charge in [0.15, 0.2) is 8.32 Å². The Labute approximate surface area is 247 Å². The summed E-state index contributed by atoms with van der Waals surface area (Å²) in [4.78, 5) is 63.6. The molecule has 4 heterocycles. The summed E-state index contributed by atoms with van der Waals surface area (Å²) in [6.07, 6.45) is -5.39. The first-order valence-corrected chi connectivity index (χ1v) is 18.7. The van der Waals surface area contributed by atoms with Gasteiger partial charge in [0.2, 0.25) is 0 Å². The van der Waals surface area contributed by atoms with E-state index in [0.717, 1.165) is 4.57 Å². The molecule has 2 aromatic rings. The van der Waals surface area contributed by atoms with E-state index in [2.05, 4.69) is 30.7 Å². The average molecular weight is 647 g/mol. The predicted molar refractivity (Wildman–Crippen MR) is 157 cm³/mol. The van der Waals surface area contributed by atoms with Crippen LogP contribution in [0.15, 0.2) is 31.6 Å². The van der Waals surface area contributed by atoms with Gasteiger partial charge in [0.1, 0.15) is 30.8 Å². The summed E-state index contributed by atoms with van der Waals surface area (Å²) < 4.78 is 54.3. The Balaban J connectivity index is 1.52. The van der Waals surface area contributed by atoms with E-state index in [9.17, 15) is 28.6 Å². The lowest BCUT2D eigenvalue weighted by molar-refractivity contribution is -0.0415. The van der Waals surface area contributed by atoms with Crippen LogP contribution < -0.4 is 22.5 Å². The third-order valence-corrected chi connectivity index (χ3v) is 14.3. The van der Waals surface area contributed by atoms with Crippen molar-refractivity contribution in [2.45, 2.75) is 103 Å². The van der Waals surface area contributed by atoms with Crippen LogP contribution in [0.4, 0.5) is 4.39 Å². The van der Waals surface area contributed by atoms with E-state index in [1.807, 2.05) is 13.1 Å². The fourth-order valence-electron chi connectivity index (χ4n) is 4.74. The van der Waals surface area contributed by atoms with Gasteiger partial charge in [0.25, 0.3) is 11.1 Å². The third kappa shape index (κ3) is 7.44. The second-order valence-electron chi connectivity index (χ2n) is 12.7. The van der Waals surface area contributed by atoms with Gasteiger partial charge in [0.05, 0.1) is 18.9 Å². The Bertz CT molecular complexity index is 1630. The highest BCUT2D eigenvalue weighted by atomic mass is 31.2. The lowest BCUT2D eigenvalue weighted by atomic mass is 10.2.